The third-order valence-electron chi connectivity index (χ3n) is 7.19. The Hall–Kier alpha value is -3.83. The van der Waals surface area contributed by atoms with Crippen LogP contribution in [0.3, 0.4) is 0 Å². The summed E-state index contributed by atoms with van der Waals surface area (Å²) in [5.41, 5.74) is 2.68. The second-order valence-corrected chi connectivity index (χ2v) is 10.1. The van der Waals surface area contributed by atoms with Gasteiger partial charge in [0.25, 0.3) is 0 Å². The van der Waals surface area contributed by atoms with Gasteiger partial charge in [0.05, 0.1) is 41.8 Å². The van der Waals surface area contributed by atoms with Gasteiger partial charge < -0.3 is 20.5 Å². The average molecular weight is 525 g/mol. The van der Waals surface area contributed by atoms with Crippen LogP contribution in [0.4, 0.5) is 16.2 Å². The van der Waals surface area contributed by atoms with Gasteiger partial charge in [-0.15, -0.1) is 5.10 Å². The molecule has 3 aromatic rings. The fourth-order valence-corrected chi connectivity index (χ4v) is 4.77. The second-order valence-electron chi connectivity index (χ2n) is 10.1. The maximum absolute atomic E-state index is 14.2. The van der Waals surface area contributed by atoms with Gasteiger partial charge in [-0.1, -0.05) is 18.1 Å². The van der Waals surface area contributed by atoms with E-state index >= 15 is 0 Å². The molecule has 0 aromatic carbocycles. The number of hydrogen-bond acceptors (Lipinski definition) is 9. The predicted molar refractivity (Wildman–Crippen MR) is 138 cm³/mol. The van der Waals surface area contributed by atoms with Gasteiger partial charge in [0.15, 0.2) is 11.6 Å². The van der Waals surface area contributed by atoms with E-state index in [2.05, 4.69) is 30.9 Å². The van der Waals surface area contributed by atoms with Crippen molar-refractivity contribution in [3.05, 3.63) is 35.5 Å². The Morgan fingerprint density at radius 3 is 2.82 bits per heavy atom. The minimum Gasteiger partial charge on any atom is -0.489 e. The molecule has 2 atom stereocenters. The van der Waals surface area contributed by atoms with Crippen LogP contribution in [0.2, 0.25) is 0 Å². The number of hydrogen-bond donors (Lipinski definition) is 3. The maximum Gasteiger partial charge on any atom is 0.306 e. The molecule has 0 saturated heterocycles. The van der Waals surface area contributed by atoms with Gasteiger partial charge in [-0.2, -0.15) is 4.98 Å². The van der Waals surface area contributed by atoms with Crippen molar-refractivity contribution in [2.45, 2.75) is 64.5 Å². The van der Waals surface area contributed by atoms with E-state index in [4.69, 9.17) is 9.72 Å². The molecule has 12 heteroatoms. The zero-order chi connectivity index (χ0) is 26.6. The molecule has 0 amide bonds. The van der Waals surface area contributed by atoms with Gasteiger partial charge >= 0.3 is 5.97 Å². The number of ether oxygens (including phenoxy) is 1. The lowest BCUT2D eigenvalue weighted by Gasteiger charge is -2.27. The number of halogens is 1. The quantitative estimate of drug-likeness (QED) is 0.338. The van der Waals surface area contributed by atoms with E-state index in [0.717, 1.165) is 37.1 Å². The first-order valence-corrected chi connectivity index (χ1v) is 13.1. The van der Waals surface area contributed by atoms with Gasteiger partial charge in [-0.05, 0) is 57.1 Å². The smallest absolute Gasteiger partial charge is 0.306 e. The Bertz CT molecular complexity index is 1300. The van der Waals surface area contributed by atoms with Crippen LogP contribution < -0.4 is 15.4 Å². The third kappa shape index (κ3) is 6.17. The number of pyridine rings is 1. The normalized spacial score (nSPS) is 19.2. The molecule has 0 spiro atoms. The summed E-state index contributed by atoms with van der Waals surface area (Å²) >= 11 is 0. The molecular formula is C26H33FN8O3. The number of nitrogens with zero attached hydrogens (tertiary/aromatic N) is 6. The number of carboxylic acid groups (broad SMARTS) is 1. The summed E-state index contributed by atoms with van der Waals surface area (Å²) in [6.45, 7) is 2.85. The molecule has 0 bridgehead atoms. The lowest BCUT2D eigenvalue weighted by atomic mass is 9.87. The van der Waals surface area contributed by atoms with E-state index in [1.807, 2.05) is 19.1 Å². The van der Waals surface area contributed by atoms with Crippen molar-refractivity contribution >= 4 is 17.7 Å². The van der Waals surface area contributed by atoms with Crippen molar-refractivity contribution in [2.75, 3.05) is 17.2 Å². The Kier molecular flexibility index (Phi) is 7.66. The summed E-state index contributed by atoms with van der Waals surface area (Å²) < 4.78 is 21.9. The molecule has 0 unspecified atom stereocenters. The number of rotatable bonds is 11. The maximum atomic E-state index is 14.2. The molecule has 202 valence electrons. The minimum atomic E-state index is -0.764. The molecule has 2 aliphatic carbocycles. The molecule has 2 fully saturated rings. The zero-order valence-electron chi connectivity index (χ0n) is 21.7. The fourth-order valence-electron chi connectivity index (χ4n) is 4.77. The van der Waals surface area contributed by atoms with Crippen LogP contribution in [0.1, 0.15) is 56.3 Å². The van der Waals surface area contributed by atoms with Crippen LogP contribution >= 0.6 is 0 Å². The van der Waals surface area contributed by atoms with E-state index in [1.54, 1.807) is 11.7 Å². The molecule has 0 aliphatic heterocycles. The van der Waals surface area contributed by atoms with Crippen molar-refractivity contribution in [1.29, 1.82) is 0 Å². The lowest BCUT2D eigenvalue weighted by Crippen LogP contribution is -2.29. The molecule has 2 aliphatic rings. The molecule has 38 heavy (non-hydrogen) atoms. The van der Waals surface area contributed by atoms with Gasteiger partial charge in [0.1, 0.15) is 11.4 Å². The highest BCUT2D eigenvalue weighted by Crippen LogP contribution is 2.32. The molecule has 3 heterocycles. The molecule has 3 N–H and O–H groups in total. The van der Waals surface area contributed by atoms with Crippen molar-refractivity contribution in [1.82, 2.24) is 29.9 Å². The van der Waals surface area contributed by atoms with Crippen LogP contribution in [0.5, 0.6) is 5.75 Å². The van der Waals surface area contributed by atoms with Crippen molar-refractivity contribution in [3.8, 4) is 17.1 Å². The second kappa shape index (κ2) is 11.3. The molecule has 11 nitrogen and oxygen atoms in total. The van der Waals surface area contributed by atoms with E-state index in [9.17, 15) is 14.3 Å². The van der Waals surface area contributed by atoms with Crippen molar-refractivity contribution in [2.24, 2.45) is 18.9 Å². The van der Waals surface area contributed by atoms with Crippen LogP contribution in [0.25, 0.3) is 11.4 Å². The molecule has 2 saturated carbocycles. The Labute approximate surface area is 220 Å². The summed E-state index contributed by atoms with van der Waals surface area (Å²) in [6.07, 6.45) is 7.37. The first-order chi connectivity index (χ1) is 18.4. The van der Waals surface area contributed by atoms with E-state index in [0.29, 0.717) is 54.7 Å². The largest absolute Gasteiger partial charge is 0.489 e. The van der Waals surface area contributed by atoms with Crippen molar-refractivity contribution < 1.29 is 19.0 Å². The van der Waals surface area contributed by atoms with E-state index in [-0.39, 0.29) is 17.8 Å². The zero-order valence-corrected chi connectivity index (χ0v) is 21.7. The monoisotopic (exact) mass is 524 g/mol. The van der Waals surface area contributed by atoms with Crippen molar-refractivity contribution in [3.63, 3.8) is 0 Å². The molecular weight excluding hydrogens is 491 g/mol. The number of carboxylic acids is 1. The number of nitrogens with one attached hydrogen (secondary N) is 2. The van der Waals surface area contributed by atoms with E-state index < -0.39 is 11.8 Å². The van der Waals surface area contributed by atoms with Crippen LogP contribution in [0, 0.1) is 24.6 Å². The number of aromatic nitrogens is 6. The van der Waals surface area contributed by atoms with Gasteiger partial charge in [-0.25, -0.2) is 19.0 Å². The Morgan fingerprint density at radius 1 is 1.21 bits per heavy atom. The highest BCUT2D eigenvalue weighted by molar-refractivity contribution is 5.70. The summed E-state index contributed by atoms with van der Waals surface area (Å²) in [6, 6.07) is 3.67. The topological polar surface area (TPSA) is 140 Å². The molecule has 5 rings (SSSR count). The first-order valence-electron chi connectivity index (χ1n) is 13.1. The SMILES string of the molecule is Cc1nc(-c2nnn(C)c2CNc2ncc(F)c(NCCC3CC3)n2)ccc1O[C@H]1CCC[C@H](C(=O)O)C1. The summed E-state index contributed by atoms with van der Waals surface area (Å²) in [4.78, 5) is 24.4. The average Bonchev–Trinajstić information content (AvgIpc) is 3.66. The number of carbonyl (C=O) groups is 1. The standard InChI is InChI=1S/C26H33FN8O3/c1-15-22(38-18-5-3-4-17(12-18)25(36)37)9-8-20(31-15)23-21(35(2)34-33-23)14-30-26-29-13-19(27)24(32-26)28-11-10-16-6-7-16/h8-9,13,16-18H,3-7,10-12,14H2,1-2H3,(H,36,37)(H2,28,29,30,32)/t17-,18-/m0/s1. The number of aryl methyl sites for hydroxylation is 2. The summed E-state index contributed by atoms with van der Waals surface area (Å²) in [5.74, 6) is 0.252. The highest BCUT2D eigenvalue weighted by Gasteiger charge is 2.28. The summed E-state index contributed by atoms with van der Waals surface area (Å²) in [7, 11) is 1.79. The van der Waals surface area contributed by atoms with Crippen LogP contribution in [-0.2, 0) is 18.4 Å². The van der Waals surface area contributed by atoms with Gasteiger partial charge in [0, 0.05) is 13.6 Å². The molecule has 3 aromatic heterocycles. The fraction of sp³-hybridized carbons (Fsp3) is 0.538. The third-order valence-corrected chi connectivity index (χ3v) is 7.19. The number of aliphatic carboxylic acids is 1. The Balaban J connectivity index is 1.25. The van der Waals surface area contributed by atoms with Crippen LogP contribution in [0.15, 0.2) is 18.3 Å². The highest BCUT2D eigenvalue weighted by atomic mass is 19.1. The van der Waals surface area contributed by atoms with E-state index in [1.165, 1.54) is 12.8 Å². The lowest BCUT2D eigenvalue weighted by molar-refractivity contribution is -0.143. The number of anilines is 2. The predicted octanol–water partition coefficient (Wildman–Crippen LogP) is 3.96. The summed E-state index contributed by atoms with van der Waals surface area (Å²) in [5, 5.41) is 24.0. The Morgan fingerprint density at radius 2 is 2.05 bits per heavy atom. The minimum absolute atomic E-state index is 0.142. The van der Waals surface area contributed by atoms with Gasteiger partial charge in [0.2, 0.25) is 5.95 Å². The first kappa shape index (κ1) is 25.8. The molecule has 0 radical (unpaired) electrons. The van der Waals surface area contributed by atoms with Crippen LogP contribution in [-0.4, -0.2) is 53.7 Å². The van der Waals surface area contributed by atoms with Gasteiger partial charge in [-0.3, -0.25) is 4.79 Å².